The van der Waals surface area contributed by atoms with Gasteiger partial charge in [-0.05, 0) is 30.7 Å². The van der Waals surface area contributed by atoms with Crippen LogP contribution in [0.1, 0.15) is 11.4 Å². The van der Waals surface area contributed by atoms with Gasteiger partial charge >= 0.3 is 0 Å². The van der Waals surface area contributed by atoms with E-state index in [-0.39, 0.29) is 0 Å². The molecule has 0 saturated heterocycles. The molecule has 0 unspecified atom stereocenters. The minimum atomic E-state index is 0.740. The molecule has 4 nitrogen and oxygen atoms in total. The van der Waals surface area contributed by atoms with Gasteiger partial charge in [-0.15, -0.1) is 0 Å². The second kappa shape index (κ2) is 5.80. The van der Waals surface area contributed by atoms with Crippen LogP contribution in [0.3, 0.4) is 0 Å². The molecule has 5 heteroatoms. The van der Waals surface area contributed by atoms with E-state index in [0.717, 1.165) is 30.4 Å². The number of halogens is 1. The molecule has 0 radical (unpaired) electrons. The first-order valence-electron chi connectivity index (χ1n) is 5.54. The second-order valence-electron chi connectivity index (χ2n) is 3.85. The van der Waals surface area contributed by atoms with Gasteiger partial charge < -0.3 is 5.32 Å². The Labute approximate surface area is 106 Å². The van der Waals surface area contributed by atoms with E-state index >= 15 is 0 Å². The normalized spacial score (nSPS) is 10.7. The van der Waals surface area contributed by atoms with Crippen LogP contribution in [0.25, 0.3) is 0 Å². The number of hydrogen-bond donors (Lipinski definition) is 1. The summed E-state index contributed by atoms with van der Waals surface area (Å²) in [7, 11) is 1.89. The topological polar surface area (TPSA) is 42.7 Å². The summed E-state index contributed by atoms with van der Waals surface area (Å²) >= 11 is 5.82. The van der Waals surface area contributed by atoms with Crippen LogP contribution in [0.2, 0.25) is 5.02 Å². The van der Waals surface area contributed by atoms with Crippen LogP contribution in [0, 0.1) is 0 Å². The maximum Gasteiger partial charge on any atom is 0.140 e. The van der Waals surface area contributed by atoms with Crippen LogP contribution in [-0.2, 0) is 20.0 Å². The molecule has 0 saturated carbocycles. The fourth-order valence-corrected chi connectivity index (χ4v) is 1.69. The maximum absolute atomic E-state index is 5.82. The molecule has 2 rings (SSSR count). The van der Waals surface area contributed by atoms with Crippen molar-refractivity contribution < 1.29 is 0 Å². The van der Waals surface area contributed by atoms with Crippen molar-refractivity contribution in [2.45, 2.75) is 13.0 Å². The lowest BCUT2D eigenvalue weighted by molar-refractivity contribution is 0.614. The van der Waals surface area contributed by atoms with Gasteiger partial charge in [0.15, 0.2) is 0 Å². The van der Waals surface area contributed by atoms with Gasteiger partial charge in [-0.1, -0.05) is 23.7 Å². The predicted octanol–water partition coefficient (Wildman–Crippen LogP) is 1.80. The Morgan fingerprint density at radius 2 is 2.06 bits per heavy atom. The highest BCUT2D eigenvalue weighted by Gasteiger charge is 1.99. The van der Waals surface area contributed by atoms with Crippen molar-refractivity contribution in [1.82, 2.24) is 20.1 Å². The van der Waals surface area contributed by atoms with Crippen LogP contribution >= 0.6 is 11.6 Å². The summed E-state index contributed by atoms with van der Waals surface area (Å²) in [4.78, 5) is 4.14. The molecule has 2 aromatic rings. The first-order chi connectivity index (χ1) is 8.25. The van der Waals surface area contributed by atoms with Crippen molar-refractivity contribution in [2.75, 3.05) is 6.54 Å². The summed E-state index contributed by atoms with van der Waals surface area (Å²) < 4.78 is 1.77. The number of aryl methyl sites for hydroxylation is 1. The Morgan fingerprint density at radius 1 is 1.29 bits per heavy atom. The maximum atomic E-state index is 5.82. The molecule has 17 heavy (non-hydrogen) atoms. The van der Waals surface area contributed by atoms with Crippen molar-refractivity contribution in [2.24, 2.45) is 7.05 Å². The van der Waals surface area contributed by atoms with E-state index < -0.39 is 0 Å². The van der Waals surface area contributed by atoms with Gasteiger partial charge in [0.1, 0.15) is 12.2 Å². The Morgan fingerprint density at radius 3 is 2.71 bits per heavy atom. The first kappa shape index (κ1) is 12.1. The molecular weight excluding hydrogens is 236 g/mol. The van der Waals surface area contributed by atoms with Crippen molar-refractivity contribution in [3.05, 3.63) is 47.0 Å². The average Bonchev–Trinajstić information content (AvgIpc) is 2.73. The molecule has 1 heterocycles. The third-order valence-corrected chi connectivity index (χ3v) is 2.84. The van der Waals surface area contributed by atoms with Crippen LogP contribution in [-0.4, -0.2) is 21.3 Å². The van der Waals surface area contributed by atoms with Gasteiger partial charge in [0, 0.05) is 12.1 Å². The minimum absolute atomic E-state index is 0.740. The van der Waals surface area contributed by atoms with E-state index in [1.807, 2.05) is 31.3 Å². The zero-order chi connectivity index (χ0) is 12.1. The van der Waals surface area contributed by atoms with Crippen molar-refractivity contribution in [3.63, 3.8) is 0 Å². The van der Waals surface area contributed by atoms with E-state index in [1.165, 1.54) is 5.56 Å². The molecule has 0 aliphatic carbocycles. The molecule has 1 aromatic carbocycles. The average molecular weight is 251 g/mol. The van der Waals surface area contributed by atoms with Crippen LogP contribution in [0.5, 0.6) is 0 Å². The number of hydrogen-bond acceptors (Lipinski definition) is 3. The van der Waals surface area contributed by atoms with Gasteiger partial charge in [-0.25, -0.2) is 4.98 Å². The first-order valence-corrected chi connectivity index (χ1v) is 5.91. The summed E-state index contributed by atoms with van der Waals surface area (Å²) in [6, 6.07) is 7.93. The van der Waals surface area contributed by atoms with Crippen molar-refractivity contribution in [1.29, 1.82) is 0 Å². The van der Waals surface area contributed by atoms with Gasteiger partial charge in [0.05, 0.1) is 6.54 Å². The predicted molar refractivity (Wildman–Crippen MR) is 67.9 cm³/mol. The zero-order valence-corrected chi connectivity index (χ0v) is 10.5. The molecule has 0 bridgehead atoms. The van der Waals surface area contributed by atoms with E-state index in [4.69, 9.17) is 11.6 Å². The van der Waals surface area contributed by atoms with E-state index in [9.17, 15) is 0 Å². The summed E-state index contributed by atoms with van der Waals surface area (Å²) in [5.74, 6) is 0.945. The fourth-order valence-electron chi connectivity index (χ4n) is 1.56. The van der Waals surface area contributed by atoms with Crippen molar-refractivity contribution >= 4 is 11.6 Å². The molecule has 0 fully saturated rings. The number of nitrogens with one attached hydrogen (secondary N) is 1. The summed E-state index contributed by atoms with van der Waals surface area (Å²) in [6.07, 6.45) is 2.55. The van der Waals surface area contributed by atoms with Gasteiger partial charge in [0.2, 0.25) is 0 Å². The highest BCUT2D eigenvalue weighted by atomic mass is 35.5. The van der Waals surface area contributed by atoms with Gasteiger partial charge in [0.25, 0.3) is 0 Å². The number of rotatable bonds is 5. The van der Waals surface area contributed by atoms with E-state index in [2.05, 4.69) is 15.4 Å². The molecule has 0 amide bonds. The Bertz CT molecular complexity index is 464. The third-order valence-electron chi connectivity index (χ3n) is 2.59. The monoisotopic (exact) mass is 250 g/mol. The molecule has 1 N–H and O–H groups in total. The molecule has 90 valence electrons. The lowest BCUT2D eigenvalue weighted by Crippen LogP contribution is -2.19. The van der Waals surface area contributed by atoms with Crippen molar-refractivity contribution in [3.8, 4) is 0 Å². The molecule has 0 atom stereocenters. The van der Waals surface area contributed by atoms with Crippen LogP contribution in [0.4, 0.5) is 0 Å². The third kappa shape index (κ3) is 3.54. The number of nitrogens with zero attached hydrogens (tertiary/aromatic N) is 3. The number of aromatic nitrogens is 3. The van der Waals surface area contributed by atoms with E-state index in [1.54, 1.807) is 11.0 Å². The lowest BCUT2D eigenvalue weighted by atomic mass is 10.1. The molecule has 0 aliphatic heterocycles. The Hall–Kier alpha value is -1.39. The molecule has 0 spiro atoms. The summed E-state index contributed by atoms with van der Waals surface area (Å²) in [5.41, 5.74) is 1.28. The fraction of sp³-hybridized carbons (Fsp3) is 0.333. The van der Waals surface area contributed by atoms with Gasteiger partial charge in [-0.2, -0.15) is 5.10 Å². The Balaban J connectivity index is 1.73. The zero-order valence-electron chi connectivity index (χ0n) is 9.73. The standard InChI is InChI=1S/C12H15ClN4/c1-17-12(15-9-16-17)8-14-7-6-10-2-4-11(13)5-3-10/h2-5,9,14H,6-8H2,1H3. The highest BCUT2D eigenvalue weighted by molar-refractivity contribution is 6.30. The molecule has 0 aliphatic rings. The molecular formula is C12H15ClN4. The quantitative estimate of drug-likeness (QED) is 0.823. The second-order valence-corrected chi connectivity index (χ2v) is 4.29. The van der Waals surface area contributed by atoms with Crippen LogP contribution < -0.4 is 5.32 Å². The lowest BCUT2D eigenvalue weighted by Gasteiger charge is -2.04. The highest BCUT2D eigenvalue weighted by Crippen LogP contribution is 2.09. The van der Waals surface area contributed by atoms with E-state index in [0.29, 0.717) is 0 Å². The van der Waals surface area contributed by atoms with Gasteiger partial charge in [-0.3, -0.25) is 4.68 Å². The summed E-state index contributed by atoms with van der Waals surface area (Å²) in [6.45, 7) is 1.65. The largest absolute Gasteiger partial charge is 0.310 e. The summed E-state index contributed by atoms with van der Waals surface area (Å²) in [5, 5.41) is 8.13. The number of benzene rings is 1. The SMILES string of the molecule is Cn1ncnc1CNCCc1ccc(Cl)cc1. The molecule has 1 aromatic heterocycles. The minimum Gasteiger partial charge on any atom is -0.310 e. The smallest absolute Gasteiger partial charge is 0.140 e. The Kier molecular flexibility index (Phi) is 4.12. The van der Waals surface area contributed by atoms with Crippen LogP contribution in [0.15, 0.2) is 30.6 Å².